The number of ketones is 1. The number of aromatic nitrogens is 2. The maximum atomic E-state index is 13.2. The fraction of sp³-hybridized carbons (Fsp3) is 0.350. The Labute approximate surface area is 423 Å². The van der Waals surface area contributed by atoms with Gasteiger partial charge >= 0.3 is 5.69 Å². The second-order valence-electron chi connectivity index (χ2n) is 16.4. The molecule has 29 nitrogen and oxygen atoms in total. The molecule has 4 aromatic rings. The van der Waals surface area contributed by atoms with Crippen molar-refractivity contribution in [3.05, 3.63) is 125 Å². The maximum Gasteiger partial charge on any atom is 0.330 e. The number of carbonyl (C=O) groups is 2. The van der Waals surface area contributed by atoms with Gasteiger partial charge in [-0.3, -0.25) is 46.5 Å². The van der Waals surface area contributed by atoms with Crippen molar-refractivity contribution in [2.75, 3.05) is 13.2 Å². The molecule has 3 aromatic carbocycles. The fourth-order valence-corrected chi connectivity index (χ4v) is 14.9. The summed E-state index contributed by atoms with van der Waals surface area (Å²) in [5, 5.41) is 24.0. The number of unbranched alkanes of at least 4 members (excludes halogenated alkanes) is 4. The van der Waals surface area contributed by atoms with Gasteiger partial charge in [-0.1, -0.05) is 62.2 Å². The predicted molar refractivity (Wildman–Crippen MR) is 240 cm³/mol. The molecule has 35 heteroatoms. The van der Waals surface area contributed by atoms with Crippen molar-refractivity contribution in [3.8, 4) is 11.5 Å². The third-order valence-electron chi connectivity index (χ3n) is 10.6. The molecule has 2 aliphatic heterocycles. The zero-order valence-corrected chi connectivity index (χ0v) is 44.1. The van der Waals surface area contributed by atoms with E-state index in [1.54, 1.807) is 24.3 Å². The third-order valence-corrected chi connectivity index (χ3v) is 19.6. The smallest absolute Gasteiger partial charge is 0.330 e. The number of fused-ring (bicyclic) bond motifs is 2. The minimum atomic E-state index is -6.98. The van der Waals surface area contributed by atoms with Crippen molar-refractivity contribution in [2.45, 2.75) is 77.2 Å². The van der Waals surface area contributed by atoms with Gasteiger partial charge in [0.1, 0.15) is 23.8 Å². The number of ether oxygens (including phenoxy) is 2. The van der Waals surface area contributed by atoms with Crippen LogP contribution in [-0.4, -0.2) is 51.8 Å². The van der Waals surface area contributed by atoms with Crippen molar-refractivity contribution in [2.24, 2.45) is 0 Å². The van der Waals surface area contributed by atoms with Crippen LogP contribution in [0.1, 0.15) is 94.1 Å². The molecule has 2 aliphatic rings. The number of H-pyrrole nitrogens is 1. The van der Waals surface area contributed by atoms with E-state index >= 15 is 0 Å². The van der Waals surface area contributed by atoms with E-state index in [1.165, 1.54) is 25.1 Å². The van der Waals surface area contributed by atoms with Crippen LogP contribution in [0.15, 0.2) is 70.4 Å². The molecule has 1 aromatic heterocycles. The standard InChI is InChI=1S/C40H48N2O27P6/c1-23-10-13-28-33(17-23)63-34-18-24(2)11-14-29(34)37(28)27-15-12-26(19-30(27)39(46)47)31(43)9-7-5-4-6-8-16-61-70(49,50)65-72(53,54)67-74(57,58)69-75(59,60)68-73(55,56)66-71(51,52)62-22-35-32(44)20-36(64-35)42-21-25(3)38(45)41-40(42)48/h10-15,17-19,21,32,35-36,44H,1,4-9,16,20,22H2,2-3H3,(H,46,47)(H,49,50)(H,51,52)(H,53,54)(H,55,56)(H,57,58)(H,59,60)(H,41,45,48)/p-7/t32?,35-,36-/m1/s1. The minimum absolute atomic E-state index is 0.0203. The van der Waals surface area contributed by atoms with Crippen LogP contribution < -0.4 is 60.9 Å². The number of aromatic amines is 1. The molecule has 6 rings (SSSR count). The van der Waals surface area contributed by atoms with Gasteiger partial charge in [-0.05, 0) is 61.2 Å². The van der Waals surface area contributed by atoms with Gasteiger partial charge in [0, 0.05) is 52.1 Å². The highest BCUT2D eigenvalue weighted by Crippen LogP contribution is 2.70. The van der Waals surface area contributed by atoms with Gasteiger partial charge in [0.15, 0.2) is 5.78 Å². The van der Waals surface area contributed by atoms with E-state index < -0.39 is 108 Å². The largest absolute Gasteiger partial charge is 0.756 e. The first-order valence-electron chi connectivity index (χ1n) is 21.6. The van der Waals surface area contributed by atoms with E-state index in [-0.39, 0.29) is 36.0 Å². The average Bonchev–Trinajstić information content (AvgIpc) is 3.63. The number of aryl methyl sites for hydroxylation is 2. The summed E-state index contributed by atoms with van der Waals surface area (Å²) in [7, 11) is -39.7. The van der Waals surface area contributed by atoms with Gasteiger partial charge in [-0.25, -0.2) is 26.3 Å². The van der Waals surface area contributed by atoms with Crippen molar-refractivity contribution in [1.82, 2.24) is 9.55 Å². The number of carboxylic acid groups (broad SMARTS) is 1. The van der Waals surface area contributed by atoms with Crippen LogP contribution in [0.5, 0.6) is 11.5 Å². The van der Waals surface area contributed by atoms with Crippen molar-refractivity contribution in [3.63, 3.8) is 0 Å². The van der Waals surface area contributed by atoms with Gasteiger partial charge in [0.05, 0.1) is 25.3 Å². The van der Waals surface area contributed by atoms with E-state index in [0.29, 0.717) is 57.9 Å². The predicted octanol–water partition coefficient (Wildman–Crippen LogP) is 0.0787. The molecular weight excluding hydrogens is 1130 g/mol. The van der Waals surface area contributed by atoms with Crippen LogP contribution in [0, 0.1) is 13.8 Å². The molecule has 75 heavy (non-hydrogen) atoms. The number of nitrogens with one attached hydrogen (secondary N) is 1. The number of carbonyl (C=O) groups excluding carboxylic acids is 2. The van der Waals surface area contributed by atoms with Crippen LogP contribution in [0.2, 0.25) is 0 Å². The molecule has 7 unspecified atom stereocenters. The lowest BCUT2D eigenvalue weighted by Crippen LogP contribution is -2.33. The molecule has 0 amide bonds. The Kier molecular flexibility index (Phi) is 19.1. The van der Waals surface area contributed by atoms with Gasteiger partial charge in [-0.15, -0.1) is 0 Å². The second-order valence-corrected chi connectivity index (χ2v) is 25.6. The molecule has 3 heterocycles. The average molecular weight is 1170 g/mol. The van der Waals surface area contributed by atoms with E-state index in [0.717, 1.165) is 16.3 Å². The Hall–Kier alpha value is -4.20. The molecule has 9 atom stereocenters. The van der Waals surface area contributed by atoms with Gasteiger partial charge in [-0.2, -0.15) is 0 Å². The summed E-state index contributed by atoms with van der Waals surface area (Å²) in [4.78, 5) is 124. The molecule has 1 fully saturated rings. The van der Waals surface area contributed by atoms with Crippen molar-refractivity contribution < 1.29 is 117 Å². The van der Waals surface area contributed by atoms with Crippen LogP contribution in [0.3, 0.4) is 0 Å². The van der Waals surface area contributed by atoms with E-state index in [9.17, 15) is 86.1 Å². The number of phosphoric ester groups is 2. The Balaban J connectivity index is 0.916. The molecule has 410 valence electrons. The number of aromatic carboxylic acids is 1. The molecule has 0 bridgehead atoms. The molecular formula is C40H41N2O27P6-7. The van der Waals surface area contributed by atoms with Crippen molar-refractivity contribution in [1.29, 1.82) is 0 Å². The first-order valence-corrected chi connectivity index (χ1v) is 30.4. The quantitative estimate of drug-likeness (QED) is 0.0420. The highest BCUT2D eigenvalue weighted by Gasteiger charge is 2.38. The van der Waals surface area contributed by atoms with E-state index in [1.807, 2.05) is 24.0 Å². The SMILES string of the molecule is C=c1ccc2c(c1)Oc1cc(C)ccc1C=2c1ccc(C(=O)CCCCCCCOP(=O)([O-])OP(=O)([O-])OP(=O)([O-])OP(=O)([O-])OP(=O)([O-])OP(=O)([O-])OC[C@H]2O[C@@H](n3cc(C)c(=O)[nH]c3=O)CC2O)cc1C(=O)[O-]. The molecule has 2 N–H and O–H groups in total. The normalized spacial score (nSPS) is 21.2. The number of rotatable bonds is 26. The Morgan fingerprint density at radius 3 is 1.93 bits per heavy atom. The summed E-state index contributed by atoms with van der Waals surface area (Å²) in [5.41, 5.74) is 0.551. The lowest BCUT2D eigenvalue weighted by Gasteiger charge is -2.38. The first-order chi connectivity index (χ1) is 34.7. The Bertz CT molecular complexity index is 3420. The highest BCUT2D eigenvalue weighted by molar-refractivity contribution is 7.71. The number of aliphatic hydroxyl groups excluding tert-OH is 1. The lowest BCUT2D eigenvalue weighted by atomic mass is 9.88. The zero-order valence-electron chi connectivity index (χ0n) is 38.8. The summed E-state index contributed by atoms with van der Waals surface area (Å²) in [6.07, 6.45) is -2.70. The van der Waals surface area contributed by atoms with E-state index in [2.05, 4.69) is 37.2 Å². The summed E-state index contributed by atoms with van der Waals surface area (Å²) in [6.45, 7) is 5.12. The van der Waals surface area contributed by atoms with Crippen LogP contribution in [0.25, 0.3) is 12.2 Å². The van der Waals surface area contributed by atoms with Gasteiger partial charge in [0.25, 0.3) is 52.5 Å². The summed E-state index contributed by atoms with van der Waals surface area (Å²) in [6, 6.07) is 14.9. The number of nitrogens with zero attached hydrogens (tertiary/aromatic N) is 1. The highest BCUT2D eigenvalue weighted by atomic mass is 31.3. The number of benzene rings is 3. The molecule has 1 saturated heterocycles. The maximum absolute atomic E-state index is 13.2. The zero-order chi connectivity index (χ0) is 55.5. The van der Waals surface area contributed by atoms with Crippen LogP contribution in [0.4, 0.5) is 0 Å². The Morgan fingerprint density at radius 1 is 0.733 bits per heavy atom. The number of phosphoric acid groups is 6. The minimum Gasteiger partial charge on any atom is -0.756 e. The third kappa shape index (κ3) is 16.7. The Morgan fingerprint density at radius 2 is 1.31 bits per heavy atom. The number of carboxylic acids is 1. The molecule has 0 saturated carbocycles. The summed E-state index contributed by atoms with van der Waals surface area (Å²) < 4.78 is 110. The monoisotopic (exact) mass is 1170 g/mol. The number of Topliss-reactive ketones (excluding diaryl/α,β-unsaturated/α-hetero) is 1. The molecule has 0 spiro atoms. The van der Waals surface area contributed by atoms with Crippen LogP contribution >= 0.6 is 46.9 Å². The molecule has 0 aliphatic carbocycles. The first kappa shape index (κ1) is 60.0. The second kappa shape index (κ2) is 23.8. The summed E-state index contributed by atoms with van der Waals surface area (Å²) in [5.74, 6) is -0.955. The number of hydrogen-bond donors (Lipinski definition) is 2. The molecule has 0 radical (unpaired) electrons. The number of aliphatic hydroxyl groups is 1. The summed E-state index contributed by atoms with van der Waals surface area (Å²) >= 11 is 0. The van der Waals surface area contributed by atoms with Gasteiger partial charge in [0.2, 0.25) is 0 Å². The lowest BCUT2D eigenvalue weighted by molar-refractivity contribution is -0.258. The fourth-order valence-electron chi connectivity index (χ4n) is 7.40. The van der Waals surface area contributed by atoms with Crippen molar-refractivity contribution >= 4 is 70.8 Å². The van der Waals surface area contributed by atoms with Crippen LogP contribution in [-0.2, 0) is 62.7 Å². The van der Waals surface area contributed by atoms with Gasteiger partial charge < -0.3 is 62.9 Å². The topological polar surface area (TPSA) is 456 Å². The number of hydrogen-bond acceptors (Lipinski definition) is 27. The van der Waals surface area contributed by atoms with E-state index in [4.69, 9.17) is 9.47 Å².